The van der Waals surface area contributed by atoms with Crippen LogP contribution in [0.1, 0.15) is 19.8 Å². The van der Waals surface area contributed by atoms with Crippen LogP contribution in [0.3, 0.4) is 0 Å². The summed E-state index contributed by atoms with van der Waals surface area (Å²) >= 11 is 3.41. The number of carbonyl (C=O) groups is 1. The van der Waals surface area contributed by atoms with E-state index in [2.05, 4.69) is 15.9 Å². The van der Waals surface area contributed by atoms with Crippen LogP contribution in [0.5, 0.6) is 5.75 Å². The summed E-state index contributed by atoms with van der Waals surface area (Å²) in [6.45, 7) is 2.65. The minimum Gasteiger partial charge on any atom is -0.480 e. The Hall–Kier alpha value is -1.03. The lowest BCUT2D eigenvalue weighted by molar-refractivity contribution is -0.136. The number of benzene rings is 1. The second-order valence-electron chi connectivity index (χ2n) is 4.85. The van der Waals surface area contributed by atoms with Gasteiger partial charge in [-0.1, -0.05) is 12.1 Å². The Morgan fingerprint density at radius 3 is 2.78 bits per heavy atom. The smallest absolute Gasteiger partial charge is 0.263 e. The number of halogens is 1. The summed E-state index contributed by atoms with van der Waals surface area (Å²) in [6, 6.07) is 7.57. The van der Waals surface area contributed by atoms with Gasteiger partial charge in [-0.05, 0) is 53.7 Å². The van der Waals surface area contributed by atoms with Gasteiger partial charge >= 0.3 is 0 Å². The van der Waals surface area contributed by atoms with Crippen LogP contribution in [-0.4, -0.2) is 30.5 Å². The summed E-state index contributed by atoms with van der Waals surface area (Å²) in [5, 5.41) is 0. The minimum absolute atomic E-state index is 0.0395. The topological polar surface area (TPSA) is 29.5 Å². The zero-order valence-corrected chi connectivity index (χ0v) is 12.3. The lowest BCUT2D eigenvalue weighted by Gasteiger charge is -2.22. The molecule has 0 radical (unpaired) electrons. The average molecular weight is 312 g/mol. The predicted octanol–water partition coefficient (Wildman–Crippen LogP) is 3.08. The Morgan fingerprint density at radius 2 is 2.17 bits per heavy atom. The van der Waals surface area contributed by atoms with Gasteiger partial charge < -0.3 is 9.64 Å². The van der Waals surface area contributed by atoms with E-state index < -0.39 is 6.10 Å². The summed E-state index contributed by atoms with van der Waals surface area (Å²) in [6.07, 6.45) is 2.04. The Labute approximate surface area is 116 Å². The van der Waals surface area contributed by atoms with Crippen LogP contribution in [0, 0.1) is 5.92 Å². The van der Waals surface area contributed by atoms with Gasteiger partial charge in [0.15, 0.2) is 6.10 Å². The van der Waals surface area contributed by atoms with Gasteiger partial charge in [0.05, 0.1) is 4.47 Å². The summed E-state index contributed by atoms with van der Waals surface area (Å²) in [5.41, 5.74) is 0. The molecule has 1 saturated carbocycles. The third-order valence-corrected chi connectivity index (χ3v) is 3.75. The van der Waals surface area contributed by atoms with Crippen molar-refractivity contribution in [2.45, 2.75) is 25.9 Å². The number of amides is 1. The first-order valence-corrected chi connectivity index (χ1v) is 7.03. The lowest BCUT2D eigenvalue weighted by atomic mass is 10.3. The molecule has 18 heavy (non-hydrogen) atoms. The number of hydrogen-bond acceptors (Lipinski definition) is 2. The summed E-state index contributed by atoms with van der Waals surface area (Å²) in [4.78, 5) is 13.9. The molecule has 0 aromatic heterocycles. The first-order valence-electron chi connectivity index (χ1n) is 6.24. The quantitative estimate of drug-likeness (QED) is 0.836. The van der Waals surface area contributed by atoms with Crippen molar-refractivity contribution in [3.05, 3.63) is 28.7 Å². The highest BCUT2D eigenvalue weighted by Gasteiger charge is 2.27. The first kappa shape index (κ1) is 13.4. The minimum atomic E-state index is -0.451. The number of ether oxygens (including phenoxy) is 1. The molecule has 0 heterocycles. The summed E-state index contributed by atoms with van der Waals surface area (Å²) < 4.78 is 6.56. The van der Waals surface area contributed by atoms with Crippen molar-refractivity contribution in [2.24, 2.45) is 5.92 Å². The Morgan fingerprint density at radius 1 is 1.50 bits per heavy atom. The normalized spacial score (nSPS) is 16.2. The fraction of sp³-hybridized carbons (Fsp3) is 0.500. The fourth-order valence-electron chi connectivity index (χ4n) is 1.87. The van der Waals surface area contributed by atoms with Crippen molar-refractivity contribution < 1.29 is 9.53 Å². The van der Waals surface area contributed by atoms with Crippen LogP contribution in [0.2, 0.25) is 0 Å². The molecule has 1 aromatic carbocycles. The number of rotatable bonds is 5. The molecule has 3 nitrogen and oxygen atoms in total. The third-order valence-electron chi connectivity index (χ3n) is 3.09. The van der Waals surface area contributed by atoms with Crippen LogP contribution in [-0.2, 0) is 4.79 Å². The van der Waals surface area contributed by atoms with Crippen LogP contribution in [0.25, 0.3) is 0 Å². The first-order chi connectivity index (χ1) is 8.58. The van der Waals surface area contributed by atoms with E-state index in [9.17, 15) is 4.79 Å². The second kappa shape index (κ2) is 5.74. The maximum atomic E-state index is 12.1. The van der Waals surface area contributed by atoms with E-state index in [0.717, 1.165) is 11.0 Å². The van der Waals surface area contributed by atoms with Gasteiger partial charge in [-0.15, -0.1) is 0 Å². The highest BCUT2D eigenvalue weighted by atomic mass is 79.9. The number of likely N-dealkylation sites (N-methyl/N-ethyl adjacent to an activating group) is 1. The number of hydrogen-bond donors (Lipinski definition) is 0. The van der Waals surface area contributed by atoms with E-state index in [0.29, 0.717) is 11.7 Å². The summed E-state index contributed by atoms with van der Waals surface area (Å²) in [7, 11) is 1.85. The Bertz CT molecular complexity index is 432. The van der Waals surface area contributed by atoms with Crippen LogP contribution in [0.4, 0.5) is 0 Å². The standard InChI is InChI=1S/C14H18BrNO2/c1-10(14(17)16(2)9-11-7-8-11)18-13-6-4-3-5-12(13)15/h3-6,10-11H,7-9H2,1-2H3. The van der Waals surface area contributed by atoms with E-state index in [1.807, 2.05) is 31.3 Å². The Balaban J connectivity index is 1.92. The largest absolute Gasteiger partial charge is 0.480 e. The molecule has 1 aromatic rings. The molecule has 1 atom stereocenters. The lowest BCUT2D eigenvalue weighted by Crippen LogP contribution is -2.39. The van der Waals surface area contributed by atoms with Crippen molar-refractivity contribution in [3.8, 4) is 5.75 Å². The number of nitrogens with zero attached hydrogens (tertiary/aromatic N) is 1. The van der Waals surface area contributed by atoms with Crippen molar-refractivity contribution in [3.63, 3.8) is 0 Å². The zero-order chi connectivity index (χ0) is 13.1. The molecule has 0 spiro atoms. The zero-order valence-electron chi connectivity index (χ0n) is 10.7. The molecule has 0 aliphatic heterocycles. The third kappa shape index (κ3) is 3.48. The molecule has 1 aliphatic carbocycles. The molecule has 98 valence electrons. The summed E-state index contributed by atoms with van der Waals surface area (Å²) in [5.74, 6) is 1.45. The van der Waals surface area contributed by atoms with Gasteiger partial charge in [-0.3, -0.25) is 4.79 Å². The van der Waals surface area contributed by atoms with Crippen molar-refractivity contribution >= 4 is 21.8 Å². The van der Waals surface area contributed by atoms with Crippen LogP contribution in [0.15, 0.2) is 28.7 Å². The van der Waals surface area contributed by atoms with Gasteiger partial charge in [-0.25, -0.2) is 0 Å². The molecular weight excluding hydrogens is 294 g/mol. The van der Waals surface area contributed by atoms with Crippen molar-refractivity contribution in [2.75, 3.05) is 13.6 Å². The average Bonchev–Trinajstić information content (AvgIpc) is 3.15. The van der Waals surface area contributed by atoms with Gasteiger partial charge in [-0.2, -0.15) is 0 Å². The predicted molar refractivity (Wildman–Crippen MR) is 74.6 cm³/mol. The van der Waals surface area contributed by atoms with E-state index >= 15 is 0 Å². The molecular formula is C14H18BrNO2. The highest BCUT2D eigenvalue weighted by Crippen LogP contribution is 2.30. The molecule has 1 unspecified atom stereocenters. The van der Waals surface area contributed by atoms with E-state index in [-0.39, 0.29) is 5.91 Å². The van der Waals surface area contributed by atoms with E-state index in [4.69, 9.17) is 4.74 Å². The SMILES string of the molecule is CC(Oc1ccccc1Br)C(=O)N(C)CC1CC1. The molecule has 1 fully saturated rings. The van der Waals surface area contributed by atoms with Gasteiger partial charge in [0.2, 0.25) is 0 Å². The molecule has 0 saturated heterocycles. The van der Waals surface area contributed by atoms with Crippen molar-refractivity contribution in [1.82, 2.24) is 4.90 Å². The molecule has 0 N–H and O–H groups in total. The molecule has 4 heteroatoms. The number of carbonyl (C=O) groups excluding carboxylic acids is 1. The maximum Gasteiger partial charge on any atom is 0.263 e. The van der Waals surface area contributed by atoms with E-state index in [1.165, 1.54) is 12.8 Å². The van der Waals surface area contributed by atoms with Gasteiger partial charge in [0.1, 0.15) is 5.75 Å². The van der Waals surface area contributed by atoms with Gasteiger partial charge in [0.25, 0.3) is 5.91 Å². The molecule has 1 amide bonds. The molecule has 2 rings (SSSR count). The fourth-order valence-corrected chi connectivity index (χ4v) is 2.25. The Kier molecular flexibility index (Phi) is 4.27. The molecule has 1 aliphatic rings. The van der Waals surface area contributed by atoms with Crippen LogP contribution < -0.4 is 4.74 Å². The maximum absolute atomic E-state index is 12.1. The van der Waals surface area contributed by atoms with E-state index in [1.54, 1.807) is 11.8 Å². The van der Waals surface area contributed by atoms with Crippen LogP contribution >= 0.6 is 15.9 Å². The van der Waals surface area contributed by atoms with Gasteiger partial charge in [0, 0.05) is 13.6 Å². The second-order valence-corrected chi connectivity index (χ2v) is 5.71. The highest BCUT2D eigenvalue weighted by molar-refractivity contribution is 9.10. The molecule has 0 bridgehead atoms. The number of para-hydroxylation sites is 1. The van der Waals surface area contributed by atoms with Crippen molar-refractivity contribution in [1.29, 1.82) is 0 Å². The monoisotopic (exact) mass is 311 g/mol.